The fraction of sp³-hybridized carbons (Fsp3) is 0.467. The molecule has 0 saturated heterocycles. The summed E-state index contributed by atoms with van der Waals surface area (Å²) in [6.45, 7) is 5.75. The predicted molar refractivity (Wildman–Crippen MR) is 73.7 cm³/mol. The molecule has 1 atom stereocenters. The minimum atomic E-state index is 0.602. The molecule has 1 aromatic rings. The fourth-order valence-electron chi connectivity index (χ4n) is 2.40. The molecular formula is C15H21NO2. The van der Waals surface area contributed by atoms with E-state index in [1.165, 1.54) is 11.1 Å². The highest BCUT2D eigenvalue weighted by Gasteiger charge is 2.27. The van der Waals surface area contributed by atoms with Crippen LogP contribution in [0.3, 0.4) is 0 Å². The van der Waals surface area contributed by atoms with E-state index in [1.54, 1.807) is 14.2 Å². The highest BCUT2D eigenvalue weighted by Crippen LogP contribution is 2.41. The third-order valence-electron chi connectivity index (χ3n) is 3.47. The Kier molecular flexibility index (Phi) is 4.26. The van der Waals surface area contributed by atoms with Crippen LogP contribution in [0.25, 0.3) is 0 Å². The Labute approximate surface area is 109 Å². The molecule has 3 heteroatoms. The SMILES string of the molecule is C=CCCNC[C@H]1Cc2cc(OC)c(OC)cc21. The van der Waals surface area contributed by atoms with Crippen molar-refractivity contribution >= 4 is 0 Å². The minimum Gasteiger partial charge on any atom is -0.493 e. The van der Waals surface area contributed by atoms with E-state index in [0.717, 1.165) is 37.4 Å². The van der Waals surface area contributed by atoms with Crippen molar-refractivity contribution in [3.05, 3.63) is 35.9 Å². The zero-order valence-electron chi connectivity index (χ0n) is 11.2. The Hall–Kier alpha value is -1.48. The van der Waals surface area contributed by atoms with Crippen LogP contribution in [0.1, 0.15) is 23.5 Å². The van der Waals surface area contributed by atoms with Crippen molar-refractivity contribution < 1.29 is 9.47 Å². The van der Waals surface area contributed by atoms with Crippen molar-refractivity contribution in [3.63, 3.8) is 0 Å². The van der Waals surface area contributed by atoms with Crippen LogP contribution in [0.15, 0.2) is 24.8 Å². The molecule has 0 aromatic heterocycles. The predicted octanol–water partition coefficient (Wildman–Crippen LogP) is 2.51. The largest absolute Gasteiger partial charge is 0.493 e. The third kappa shape index (κ3) is 2.51. The van der Waals surface area contributed by atoms with E-state index in [1.807, 2.05) is 6.08 Å². The number of ether oxygens (including phenoxy) is 2. The molecule has 0 heterocycles. The smallest absolute Gasteiger partial charge is 0.161 e. The van der Waals surface area contributed by atoms with Crippen LogP contribution in [0.4, 0.5) is 0 Å². The number of hydrogen-bond acceptors (Lipinski definition) is 3. The van der Waals surface area contributed by atoms with Gasteiger partial charge in [-0.3, -0.25) is 0 Å². The zero-order chi connectivity index (χ0) is 13.0. The number of rotatable bonds is 7. The first-order valence-electron chi connectivity index (χ1n) is 6.36. The lowest BCUT2D eigenvalue weighted by Crippen LogP contribution is -2.29. The molecular weight excluding hydrogens is 226 g/mol. The summed E-state index contributed by atoms with van der Waals surface area (Å²) < 4.78 is 10.6. The minimum absolute atomic E-state index is 0.602. The summed E-state index contributed by atoms with van der Waals surface area (Å²) in [6.07, 6.45) is 4.08. The van der Waals surface area contributed by atoms with Crippen molar-refractivity contribution in [3.8, 4) is 11.5 Å². The van der Waals surface area contributed by atoms with Crippen molar-refractivity contribution in [1.82, 2.24) is 5.32 Å². The van der Waals surface area contributed by atoms with Crippen molar-refractivity contribution in [2.45, 2.75) is 18.8 Å². The molecule has 2 rings (SSSR count). The average molecular weight is 247 g/mol. The Morgan fingerprint density at radius 3 is 2.72 bits per heavy atom. The second kappa shape index (κ2) is 5.91. The van der Waals surface area contributed by atoms with Gasteiger partial charge in [-0.05, 0) is 42.6 Å². The molecule has 0 spiro atoms. The Morgan fingerprint density at radius 2 is 2.06 bits per heavy atom. The summed E-state index contributed by atoms with van der Waals surface area (Å²) in [5.74, 6) is 2.26. The summed E-state index contributed by atoms with van der Waals surface area (Å²) >= 11 is 0. The fourth-order valence-corrected chi connectivity index (χ4v) is 2.40. The Balaban J connectivity index is 1.99. The van der Waals surface area contributed by atoms with Crippen LogP contribution in [0, 0.1) is 0 Å². The van der Waals surface area contributed by atoms with E-state index in [-0.39, 0.29) is 0 Å². The molecule has 0 unspecified atom stereocenters. The van der Waals surface area contributed by atoms with Gasteiger partial charge in [0.15, 0.2) is 11.5 Å². The van der Waals surface area contributed by atoms with E-state index in [9.17, 15) is 0 Å². The molecule has 98 valence electrons. The molecule has 0 radical (unpaired) electrons. The second-order valence-corrected chi connectivity index (χ2v) is 4.59. The molecule has 18 heavy (non-hydrogen) atoms. The molecule has 0 fully saturated rings. The van der Waals surface area contributed by atoms with Gasteiger partial charge >= 0.3 is 0 Å². The first-order valence-corrected chi connectivity index (χ1v) is 6.36. The first kappa shape index (κ1) is 13.0. The van der Waals surface area contributed by atoms with Gasteiger partial charge in [0, 0.05) is 12.5 Å². The van der Waals surface area contributed by atoms with Crippen LogP contribution >= 0.6 is 0 Å². The number of nitrogens with one attached hydrogen (secondary N) is 1. The van der Waals surface area contributed by atoms with Crippen LogP contribution in [-0.4, -0.2) is 27.3 Å². The number of hydrogen-bond donors (Lipinski definition) is 1. The highest BCUT2D eigenvalue weighted by molar-refractivity contribution is 5.53. The summed E-state index contributed by atoms with van der Waals surface area (Å²) in [7, 11) is 3.36. The molecule has 0 amide bonds. The number of methoxy groups -OCH3 is 2. The summed E-state index contributed by atoms with van der Waals surface area (Å²) in [4.78, 5) is 0. The average Bonchev–Trinajstić information content (AvgIpc) is 2.38. The summed E-state index contributed by atoms with van der Waals surface area (Å²) in [5.41, 5.74) is 2.77. The van der Waals surface area contributed by atoms with E-state index in [2.05, 4.69) is 24.0 Å². The van der Waals surface area contributed by atoms with E-state index in [4.69, 9.17) is 9.47 Å². The molecule has 0 aliphatic heterocycles. The van der Waals surface area contributed by atoms with Crippen LogP contribution in [0.2, 0.25) is 0 Å². The molecule has 0 bridgehead atoms. The first-order chi connectivity index (χ1) is 8.80. The maximum atomic E-state index is 5.34. The van der Waals surface area contributed by atoms with Gasteiger partial charge in [0.1, 0.15) is 0 Å². The molecule has 0 saturated carbocycles. The summed E-state index contributed by atoms with van der Waals surface area (Å²) in [6, 6.07) is 4.20. The van der Waals surface area contributed by atoms with E-state index >= 15 is 0 Å². The van der Waals surface area contributed by atoms with Gasteiger partial charge in [0.05, 0.1) is 14.2 Å². The maximum absolute atomic E-state index is 5.34. The Bertz CT molecular complexity index is 429. The molecule has 3 nitrogen and oxygen atoms in total. The van der Waals surface area contributed by atoms with E-state index in [0.29, 0.717) is 5.92 Å². The maximum Gasteiger partial charge on any atom is 0.161 e. The molecule has 1 N–H and O–H groups in total. The van der Waals surface area contributed by atoms with Gasteiger partial charge in [-0.25, -0.2) is 0 Å². The van der Waals surface area contributed by atoms with Crippen molar-refractivity contribution in [2.24, 2.45) is 0 Å². The number of fused-ring (bicyclic) bond motifs is 1. The lowest BCUT2D eigenvalue weighted by atomic mass is 9.77. The van der Waals surface area contributed by atoms with E-state index < -0.39 is 0 Å². The van der Waals surface area contributed by atoms with Crippen LogP contribution < -0.4 is 14.8 Å². The van der Waals surface area contributed by atoms with Gasteiger partial charge in [0.25, 0.3) is 0 Å². The van der Waals surface area contributed by atoms with Crippen molar-refractivity contribution in [2.75, 3.05) is 27.3 Å². The van der Waals surface area contributed by atoms with Gasteiger partial charge in [-0.1, -0.05) is 6.08 Å². The van der Waals surface area contributed by atoms with Gasteiger partial charge in [0.2, 0.25) is 0 Å². The quantitative estimate of drug-likeness (QED) is 0.593. The van der Waals surface area contributed by atoms with Gasteiger partial charge in [-0.15, -0.1) is 6.58 Å². The molecule has 1 aliphatic carbocycles. The lowest BCUT2D eigenvalue weighted by Gasteiger charge is -2.31. The van der Waals surface area contributed by atoms with Crippen LogP contribution in [-0.2, 0) is 6.42 Å². The monoisotopic (exact) mass is 247 g/mol. The number of benzene rings is 1. The molecule has 1 aliphatic rings. The van der Waals surface area contributed by atoms with Crippen LogP contribution in [0.5, 0.6) is 11.5 Å². The van der Waals surface area contributed by atoms with Gasteiger partial charge < -0.3 is 14.8 Å². The normalized spacial score (nSPS) is 16.7. The lowest BCUT2D eigenvalue weighted by molar-refractivity contribution is 0.351. The zero-order valence-corrected chi connectivity index (χ0v) is 11.2. The molecule has 1 aromatic carbocycles. The second-order valence-electron chi connectivity index (χ2n) is 4.59. The van der Waals surface area contributed by atoms with Gasteiger partial charge in [-0.2, -0.15) is 0 Å². The third-order valence-corrected chi connectivity index (χ3v) is 3.47. The van der Waals surface area contributed by atoms with Crippen molar-refractivity contribution in [1.29, 1.82) is 0 Å². The standard InChI is InChI=1S/C15H21NO2/c1-4-5-6-16-10-12-7-11-8-14(17-2)15(18-3)9-13(11)12/h4,8-9,12,16H,1,5-7,10H2,2-3H3/t12-/m1/s1. The Morgan fingerprint density at radius 1 is 1.33 bits per heavy atom. The highest BCUT2D eigenvalue weighted by atomic mass is 16.5. The topological polar surface area (TPSA) is 30.5 Å². The summed E-state index contributed by atoms with van der Waals surface area (Å²) in [5, 5.41) is 3.45.